The highest BCUT2D eigenvalue weighted by Crippen LogP contribution is 2.34. The molecular formula is C21H19F3N2O4S. The lowest BCUT2D eigenvalue weighted by Gasteiger charge is -2.42. The van der Waals surface area contributed by atoms with Crippen LogP contribution in [0.3, 0.4) is 0 Å². The molecular weight excluding hydrogens is 433 g/mol. The number of fused-ring (bicyclic) bond motifs is 1. The van der Waals surface area contributed by atoms with Gasteiger partial charge >= 0.3 is 5.91 Å². The van der Waals surface area contributed by atoms with Crippen molar-refractivity contribution in [2.24, 2.45) is 0 Å². The van der Waals surface area contributed by atoms with E-state index in [1.54, 1.807) is 31.2 Å². The normalized spacial score (nSPS) is 17.0. The molecule has 0 bridgehead atoms. The number of ether oxygens (including phenoxy) is 1. The fraction of sp³-hybridized carbons (Fsp3) is 0.286. The number of carbonyl (C=O) groups excluding carboxylic acids is 1. The van der Waals surface area contributed by atoms with Crippen LogP contribution in [0.25, 0.3) is 11.0 Å². The third-order valence-electron chi connectivity index (χ3n) is 5.02. The first-order valence-corrected chi connectivity index (χ1v) is 10.8. The molecule has 4 rings (SSSR count). The summed E-state index contributed by atoms with van der Waals surface area (Å²) in [6, 6.07) is 9.34. The first kappa shape index (κ1) is 21.4. The third kappa shape index (κ3) is 4.17. The second-order valence-corrected chi connectivity index (χ2v) is 8.09. The molecule has 0 radical (unpaired) electrons. The molecule has 164 valence electrons. The number of hydrogen-bond donors (Lipinski definition) is 1. The molecule has 31 heavy (non-hydrogen) atoms. The van der Waals surface area contributed by atoms with Gasteiger partial charge in [-0.2, -0.15) is 4.72 Å². The number of rotatable bonds is 7. The minimum absolute atomic E-state index is 0.0310. The van der Waals surface area contributed by atoms with Crippen LogP contribution < -0.4 is 14.4 Å². The summed E-state index contributed by atoms with van der Waals surface area (Å²) in [7, 11) is 0. The zero-order chi connectivity index (χ0) is 22.1. The van der Waals surface area contributed by atoms with Gasteiger partial charge in [-0.3, -0.25) is 4.79 Å². The molecule has 1 aliphatic heterocycles. The van der Waals surface area contributed by atoms with Gasteiger partial charge in [0.1, 0.15) is 22.8 Å². The van der Waals surface area contributed by atoms with Gasteiger partial charge < -0.3 is 18.6 Å². The van der Waals surface area contributed by atoms with E-state index in [2.05, 4.69) is 4.72 Å². The fourth-order valence-corrected chi connectivity index (χ4v) is 4.31. The van der Waals surface area contributed by atoms with E-state index < -0.39 is 35.6 Å². The lowest BCUT2D eigenvalue weighted by molar-refractivity contribution is 0.0876. The van der Waals surface area contributed by atoms with Gasteiger partial charge in [-0.1, -0.05) is 12.1 Å². The number of alkyl halides is 2. The summed E-state index contributed by atoms with van der Waals surface area (Å²) >= 11 is -1.94. The molecule has 1 N–H and O–H groups in total. The van der Waals surface area contributed by atoms with Crippen molar-refractivity contribution in [1.82, 2.24) is 4.72 Å². The number of para-hydroxylation sites is 1. The van der Waals surface area contributed by atoms with Crippen LogP contribution in [0.2, 0.25) is 0 Å². The van der Waals surface area contributed by atoms with Crippen molar-refractivity contribution in [3.8, 4) is 5.75 Å². The number of carbonyl (C=O) groups is 1. The summed E-state index contributed by atoms with van der Waals surface area (Å²) in [5.41, 5.74) is 0.303. The second-order valence-electron chi connectivity index (χ2n) is 6.91. The Morgan fingerprint density at radius 1 is 1.35 bits per heavy atom. The minimum atomic E-state index is -2.54. The fourth-order valence-electron chi connectivity index (χ4n) is 3.42. The second kappa shape index (κ2) is 8.72. The van der Waals surface area contributed by atoms with E-state index in [1.165, 1.54) is 17.0 Å². The van der Waals surface area contributed by atoms with Crippen LogP contribution in [0.5, 0.6) is 5.75 Å². The first-order valence-electron chi connectivity index (χ1n) is 9.61. The average molecular weight is 452 g/mol. The summed E-state index contributed by atoms with van der Waals surface area (Å²) in [4.78, 5) is 14.2. The lowest BCUT2D eigenvalue weighted by atomic mass is 10.0. The number of benzene rings is 2. The molecule has 1 aromatic heterocycles. The molecule has 0 aliphatic carbocycles. The van der Waals surface area contributed by atoms with Crippen LogP contribution >= 0.6 is 0 Å². The minimum Gasteiger partial charge on any atom is -0.588 e. The Morgan fingerprint density at radius 2 is 2.13 bits per heavy atom. The maximum Gasteiger partial charge on any atom is 0.328 e. The maximum atomic E-state index is 14.6. The summed E-state index contributed by atoms with van der Waals surface area (Å²) in [6.07, 6.45) is -2.22. The van der Waals surface area contributed by atoms with Crippen molar-refractivity contribution >= 4 is 33.9 Å². The largest absolute Gasteiger partial charge is 0.588 e. The molecule has 2 unspecified atom stereocenters. The first-order chi connectivity index (χ1) is 14.9. The van der Waals surface area contributed by atoms with Gasteiger partial charge in [0.25, 0.3) is 6.43 Å². The number of amides is 1. The third-order valence-corrected chi connectivity index (χ3v) is 6.13. The molecule has 10 heteroatoms. The Labute approximate surface area is 179 Å². The molecule has 1 fully saturated rings. The Kier molecular flexibility index (Phi) is 6.01. The molecule has 2 atom stereocenters. The van der Waals surface area contributed by atoms with Crippen LogP contribution in [0.4, 0.5) is 18.9 Å². The number of halogens is 3. The number of hydrogen-bond acceptors (Lipinski definition) is 5. The molecule has 6 nitrogen and oxygen atoms in total. The summed E-state index contributed by atoms with van der Waals surface area (Å²) in [5.74, 6) is -1.39. The standard InChI is InChI=1S/C21H19F3N2O4S/c1-2-29-16-5-3-4-6-19(16)31(28)25-21(27)18-11-13-14(22)9-12(10-17(13)30-18)26-8-7-15(26)20(23)24/h3-6,9-11,15,20H,2,7-8H2,1H3,(H,25,27). The van der Waals surface area contributed by atoms with Crippen molar-refractivity contribution in [2.75, 3.05) is 18.1 Å². The Morgan fingerprint density at radius 3 is 2.81 bits per heavy atom. The van der Waals surface area contributed by atoms with Crippen LogP contribution in [-0.2, 0) is 11.4 Å². The van der Waals surface area contributed by atoms with Crippen molar-refractivity contribution < 1.29 is 31.7 Å². The summed E-state index contributed by atoms with van der Waals surface area (Å²) < 4.78 is 66.4. The van der Waals surface area contributed by atoms with Crippen LogP contribution in [0.15, 0.2) is 51.8 Å². The molecule has 1 aliphatic rings. The zero-order valence-corrected chi connectivity index (χ0v) is 17.3. The highest BCUT2D eigenvalue weighted by atomic mass is 32.2. The number of nitrogens with zero attached hydrogens (tertiary/aromatic N) is 1. The van der Waals surface area contributed by atoms with E-state index >= 15 is 0 Å². The predicted octanol–water partition coefficient (Wildman–Crippen LogP) is 4.27. The Balaban J connectivity index is 1.56. The molecule has 2 heterocycles. The SMILES string of the molecule is CCOc1ccccc1[S+]([O-])NC(=O)c1cc2c(F)cc(N3CCC3C(F)F)cc2o1. The van der Waals surface area contributed by atoms with Crippen LogP contribution in [-0.4, -0.2) is 36.1 Å². The molecule has 0 spiro atoms. The van der Waals surface area contributed by atoms with Crippen molar-refractivity contribution in [2.45, 2.75) is 30.7 Å². The van der Waals surface area contributed by atoms with Crippen molar-refractivity contribution in [3.63, 3.8) is 0 Å². The number of anilines is 1. The van der Waals surface area contributed by atoms with Gasteiger partial charge in [-0.15, -0.1) is 0 Å². The maximum absolute atomic E-state index is 14.6. The van der Waals surface area contributed by atoms with E-state index in [9.17, 15) is 22.5 Å². The highest BCUT2D eigenvalue weighted by Gasteiger charge is 2.36. The highest BCUT2D eigenvalue weighted by molar-refractivity contribution is 7.90. The number of furan rings is 1. The number of nitrogens with one attached hydrogen (secondary N) is 1. The quantitative estimate of drug-likeness (QED) is 0.542. The molecule has 2 aromatic carbocycles. The lowest BCUT2D eigenvalue weighted by Crippen LogP contribution is -2.52. The Bertz CT molecular complexity index is 1110. The van der Waals surface area contributed by atoms with E-state index in [0.717, 1.165) is 6.07 Å². The van der Waals surface area contributed by atoms with Gasteiger partial charge in [0, 0.05) is 24.4 Å². The predicted molar refractivity (Wildman–Crippen MR) is 109 cm³/mol. The van der Waals surface area contributed by atoms with Gasteiger partial charge in [-0.25, -0.2) is 13.2 Å². The monoisotopic (exact) mass is 452 g/mol. The van der Waals surface area contributed by atoms with Crippen LogP contribution in [0.1, 0.15) is 23.9 Å². The van der Waals surface area contributed by atoms with E-state index in [0.29, 0.717) is 25.3 Å². The topological polar surface area (TPSA) is 77.8 Å². The van der Waals surface area contributed by atoms with E-state index in [-0.39, 0.29) is 27.3 Å². The van der Waals surface area contributed by atoms with E-state index in [1.807, 2.05) is 0 Å². The Hall–Kier alpha value is -2.85. The van der Waals surface area contributed by atoms with Gasteiger partial charge in [-0.05, 0) is 31.5 Å². The van der Waals surface area contributed by atoms with Crippen molar-refractivity contribution in [1.29, 1.82) is 0 Å². The average Bonchev–Trinajstić information content (AvgIpc) is 3.12. The van der Waals surface area contributed by atoms with Gasteiger partial charge in [0.2, 0.25) is 4.90 Å². The van der Waals surface area contributed by atoms with Gasteiger partial charge in [0.05, 0.1) is 18.0 Å². The van der Waals surface area contributed by atoms with E-state index in [4.69, 9.17) is 9.15 Å². The van der Waals surface area contributed by atoms with Gasteiger partial charge in [0.15, 0.2) is 11.5 Å². The van der Waals surface area contributed by atoms with Crippen molar-refractivity contribution in [3.05, 3.63) is 54.0 Å². The molecule has 1 saturated heterocycles. The summed E-state index contributed by atoms with van der Waals surface area (Å²) in [6.45, 7) is 2.52. The molecule has 0 saturated carbocycles. The summed E-state index contributed by atoms with van der Waals surface area (Å²) in [5, 5.41) is 0.0310. The molecule has 3 aromatic rings. The van der Waals surface area contributed by atoms with Crippen LogP contribution in [0, 0.1) is 5.82 Å². The molecule has 1 amide bonds. The smallest absolute Gasteiger partial charge is 0.328 e. The zero-order valence-electron chi connectivity index (χ0n) is 16.4.